The monoisotopic (exact) mass is 1750 g/mol. The second-order valence-corrected chi connectivity index (χ2v) is 33.5. The van der Waals surface area contributed by atoms with Crippen LogP contribution in [0.25, 0.3) is 22.3 Å². The van der Waals surface area contributed by atoms with Gasteiger partial charge in [0.2, 0.25) is 53.4 Å². The maximum absolute atomic E-state index is 16.4. The first-order valence-corrected chi connectivity index (χ1v) is 41.3. The summed E-state index contributed by atoms with van der Waals surface area (Å²) in [5.74, 6) is -17.0. The van der Waals surface area contributed by atoms with Crippen molar-refractivity contribution in [2.45, 2.75) is 194 Å². The first-order chi connectivity index (χ1) is 59.1. The van der Waals surface area contributed by atoms with Crippen molar-refractivity contribution in [3.63, 3.8) is 0 Å². The number of phenols is 3. The number of alkyl carbamates (subject to hydrolysis) is 1. The van der Waals surface area contributed by atoms with E-state index in [1.165, 1.54) is 12.1 Å². The standard InChI is InChI=1S/C87H95Cl2N9O26/c1-37(2)24-54(93-86(117)118-36-51-47-16-10-8-14-45(47)46-15-9-11-17-48(46)51)78(109)97-69-71(104)41-19-22-58(52(88)26-41)120-60-28-43-29-61(75(60)124-85-76(74(107)73(106)62(35-99)122-85)123-64-33-87(4,77(108)38(3)119-64)91-34-39-12-6-5-7-13-39)121-59-23-20-42(27-53(59)89)72(105)70-83(114)96-68(84(115)116)50-30-44(100)31-57(102)65(50)49-25-40(18-21-56(49)101)66(80(111)98-70)95-81(112)67(43)94-79(110)55(32-63(90)103)92-82(69)113/h8-11,14-23,25-31,37-39,51,54-55,62,64,66-74,76-77,85,91,99-102,104-108H,5-7,12-13,24,32-36H2,1-4H3,(H2,90,103)(H,92,113)(H,93,117)(H,94,110)(H,95,112)(H,96,114)(H,97,109)(H,98,111)(H,115,116)/t38-,54+,55-,62+,64-,66+,67+,68-,69+,70-,71+,72+,73+,74-,76+,77+,85-,87-/m0/s1. The average Bonchev–Trinajstić information content (AvgIpc) is 1.63. The number of carbonyl (C=O) groups excluding carboxylic acids is 8. The van der Waals surface area contributed by atoms with E-state index in [4.69, 9.17) is 62.1 Å². The number of fused-ring (bicyclic) bond motifs is 18. The molecule has 0 unspecified atom stereocenters. The third-order valence-corrected chi connectivity index (χ3v) is 24.1. The molecule has 16 rings (SSSR count). The highest BCUT2D eigenvalue weighted by Gasteiger charge is 2.53. The van der Waals surface area contributed by atoms with E-state index in [9.17, 15) is 65.4 Å². The number of aliphatic carboxylic acids is 1. The minimum absolute atomic E-state index is 0.0933. The molecule has 35 nitrogen and oxygen atoms in total. The summed E-state index contributed by atoms with van der Waals surface area (Å²) >= 11 is 14.4. The van der Waals surface area contributed by atoms with Crippen LogP contribution in [0.5, 0.6) is 46.0 Å². The van der Waals surface area contributed by atoms with Gasteiger partial charge in [-0.15, -0.1) is 0 Å². The first-order valence-electron chi connectivity index (χ1n) is 40.5. The van der Waals surface area contributed by atoms with Gasteiger partial charge in [0.1, 0.15) is 102 Å². The number of carboxylic acids is 1. The Morgan fingerprint density at radius 3 is 1.88 bits per heavy atom. The number of primary amides is 1. The molecule has 20 N–H and O–H groups in total. The second kappa shape index (κ2) is 37.2. The Kier molecular flexibility index (Phi) is 26.6. The smallest absolute Gasteiger partial charge is 0.407 e. The maximum atomic E-state index is 16.4. The minimum Gasteiger partial charge on any atom is -0.508 e. The van der Waals surface area contributed by atoms with Crippen molar-refractivity contribution < 1.29 is 127 Å². The number of nitrogens with one attached hydrogen (secondary N) is 8. The molecular formula is C87H95Cl2N9O26. The fourth-order valence-electron chi connectivity index (χ4n) is 17.1. The minimum atomic E-state index is -2.41. The van der Waals surface area contributed by atoms with Crippen molar-refractivity contribution >= 4 is 76.6 Å². The summed E-state index contributed by atoms with van der Waals surface area (Å²) in [5.41, 5.74) is 5.39. The van der Waals surface area contributed by atoms with Gasteiger partial charge in [0.25, 0.3) is 0 Å². The average molecular weight is 1750 g/mol. The molecule has 3 fully saturated rings. The number of aromatic hydroxyl groups is 3. The lowest BCUT2D eigenvalue weighted by molar-refractivity contribution is -0.334. The summed E-state index contributed by atoms with van der Waals surface area (Å²) in [4.78, 5) is 134. The number of ether oxygens (including phenoxy) is 7. The SMILES string of the molecule is CC(C)C[C@@H](NC(=O)OCC1c2ccccc2-c2ccccc21)C(=O)N[C@H]1C(=O)N[C@@H](CC(N)=O)C(=O)N[C@H]2C(=O)N[C@H]3C(=O)N[C@H](C(=O)N[C@H](C(=O)O)c4cc(O)cc(O)c4-c4cc3ccc4O)[C@H](O)c3ccc(c(Cl)c3)Oc3cc2cc(c3O[C@@H]2O[C@H](CO)[C@@H](O)[C@H](O)[C@H]2O[C@H]2C[C@](C)(NCC3CCCCC3)[C@H](O)[C@H](C)O2)Oc2ccc(cc2Cl)[C@H]1O. The van der Waals surface area contributed by atoms with Crippen LogP contribution < -0.4 is 62.5 Å². The molecule has 37 heteroatoms. The zero-order valence-electron chi connectivity index (χ0n) is 67.3. The summed E-state index contributed by atoms with van der Waals surface area (Å²) in [7, 11) is 0. The molecule has 0 aromatic heterocycles. The Hall–Kier alpha value is -11.5. The molecule has 11 bridgehead atoms. The van der Waals surface area contributed by atoms with Crippen molar-refractivity contribution in [1.82, 2.24) is 42.5 Å². The van der Waals surface area contributed by atoms with E-state index in [-0.39, 0.29) is 53.7 Å². The van der Waals surface area contributed by atoms with Crippen LogP contribution in [0, 0.1) is 11.8 Å². The number of aliphatic hydroxyl groups is 6. The van der Waals surface area contributed by atoms with Crippen LogP contribution in [-0.4, -0.2) is 203 Å². The van der Waals surface area contributed by atoms with Crippen molar-refractivity contribution in [3.8, 4) is 68.2 Å². The molecular weight excluding hydrogens is 1660 g/mol. The number of benzene rings is 7. The topological polar surface area (TPSA) is 543 Å². The van der Waals surface area contributed by atoms with Gasteiger partial charge < -0.3 is 132 Å². The van der Waals surface area contributed by atoms with Gasteiger partial charge in [-0.2, -0.15) is 0 Å². The summed E-state index contributed by atoms with van der Waals surface area (Å²) in [6, 6.07) is 13.5. The van der Waals surface area contributed by atoms with Gasteiger partial charge in [-0.1, -0.05) is 123 Å². The van der Waals surface area contributed by atoms with Crippen molar-refractivity contribution in [3.05, 3.63) is 176 Å². The molecule has 7 aromatic rings. The van der Waals surface area contributed by atoms with Crippen LogP contribution in [0.4, 0.5) is 4.79 Å². The molecule has 8 amide bonds. The lowest BCUT2D eigenvalue weighted by Crippen LogP contribution is -2.65. The maximum Gasteiger partial charge on any atom is 0.407 e. The fourth-order valence-corrected chi connectivity index (χ4v) is 17.5. The molecule has 18 atom stereocenters. The number of phenolic OH excluding ortho intramolecular Hbond substituents is 3. The number of hydrogen-bond acceptors (Lipinski definition) is 26. The number of hydrogen-bond donors (Lipinski definition) is 19. The van der Waals surface area contributed by atoms with Gasteiger partial charge in [0.05, 0.1) is 35.3 Å². The number of rotatable bonds is 18. The molecule has 9 aliphatic rings. The van der Waals surface area contributed by atoms with Crippen LogP contribution in [0.1, 0.15) is 154 Å². The number of aliphatic hydroxyl groups excluding tert-OH is 6. The van der Waals surface area contributed by atoms with E-state index in [0.717, 1.165) is 121 Å². The van der Waals surface area contributed by atoms with Crippen LogP contribution in [-0.2, 0) is 57.3 Å². The number of carbonyl (C=O) groups is 9. The Labute approximate surface area is 719 Å². The second-order valence-electron chi connectivity index (χ2n) is 32.7. The van der Waals surface area contributed by atoms with Gasteiger partial charge in [0.15, 0.2) is 29.9 Å². The van der Waals surface area contributed by atoms with Gasteiger partial charge in [0, 0.05) is 40.6 Å². The molecule has 1 saturated carbocycles. The number of amides is 8. The van der Waals surface area contributed by atoms with Crippen LogP contribution in [0.2, 0.25) is 10.0 Å². The van der Waals surface area contributed by atoms with Gasteiger partial charge >= 0.3 is 12.1 Å². The van der Waals surface area contributed by atoms with Gasteiger partial charge in [-0.3, -0.25) is 33.6 Å². The molecule has 658 valence electrons. The number of nitrogens with two attached hydrogens (primary N) is 1. The zero-order chi connectivity index (χ0) is 88.6. The Balaban J connectivity index is 0.913. The molecule has 2 saturated heterocycles. The van der Waals surface area contributed by atoms with Crippen molar-refractivity contribution in [1.29, 1.82) is 0 Å². The molecule has 2 aliphatic carbocycles. The Bertz CT molecular complexity index is 5250. The summed E-state index contributed by atoms with van der Waals surface area (Å²) < 4.78 is 45.4. The summed E-state index contributed by atoms with van der Waals surface area (Å²) in [6.07, 6.45) is -14.9. The molecule has 7 heterocycles. The third kappa shape index (κ3) is 18.8. The van der Waals surface area contributed by atoms with Crippen molar-refractivity contribution in [2.24, 2.45) is 17.6 Å². The predicted molar refractivity (Wildman–Crippen MR) is 439 cm³/mol. The Morgan fingerprint density at radius 2 is 1.26 bits per heavy atom. The highest BCUT2D eigenvalue weighted by atomic mass is 35.5. The number of carboxylic acid groups (broad SMARTS) is 1. The largest absolute Gasteiger partial charge is 0.508 e. The normalized spacial score (nSPS) is 27.3. The van der Waals surface area contributed by atoms with E-state index in [1.807, 2.05) is 48.5 Å². The van der Waals surface area contributed by atoms with E-state index >= 15 is 28.8 Å². The van der Waals surface area contributed by atoms with Crippen molar-refractivity contribution in [2.75, 3.05) is 19.8 Å². The van der Waals surface area contributed by atoms with Crippen LogP contribution in [0.3, 0.4) is 0 Å². The van der Waals surface area contributed by atoms with Gasteiger partial charge in [-0.25, -0.2) is 9.59 Å². The zero-order valence-corrected chi connectivity index (χ0v) is 68.8. The van der Waals surface area contributed by atoms with E-state index in [2.05, 4.69) is 42.5 Å². The molecule has 0 spiro atoms. The fraction of sp³-hybridized carbons (Fsp3) is 0.414. The van der Waals surface area contributed by atoms with Gasteiger partial charge in [-0.05, 0) is 151 Å². The number of halogens is 2. The highest BCUT2D eigenvalue weighted by Crippen LogP contribution is 2.51. The highest BCUT2D eigenvalue weighted by molar-refractivity contribution is 6.32. The molecule has 7 aliphatic heterocycles. The van der Waals surface area contributed by atoms with E-state index in [0.29, 0.717) is 6.54 Å². The lowest BCUT2D eigenvalue weighted by atomic mass is 9.83. The molecule has 7 aromatic carbocycles. The van der Waals surface area contributed by atoms with E-state index in [1.54, 1.807) is 27.7 Å². The molecule has 124 heavy (non-hydrogen) atoms. The Morgan fingerprint density at radius 1 is 0.645 bits per heavy atom. The quantitative estimate of drug-likeness (QED) is 0.0494. The third-order valence-electron chi connectivity index (χ3n) is 23.5. The first kappa shape index (κ1) is 88.8. The lowest BCUT2D eigenvalue weighted by Gasteiger charge is -2.49. The van der Waals surface area contributed by atoms with Crippen LogP contribution >= 0.6 is 23.2 Å². The summed E-state index contributed by atoms with van der Waals surface area (Å²) in [5, 5.41) is 137. The van der Waals surface area contributed by atoms with Crippen LogP contribution in [0.15, 0.2) is 127 Å². The predicted octanol–water partition coefficient (Wildman–Crippen LogP) is 5.64. The molecule has 0 radical (unpaired) electrons. The van der Waals surface area contributed by atoms with E-state index < -0.39 is 254 Å². The summed E-state index contributed by atoms with van der Waals surface area (Å²) in [6.45, 7) is 6.20.